The number of hydrogen-bond donors (Lipinski definition) is 4. The molecule has 29 heavy (non-hydrogen) atoms. The molecule has 1 aromatic carbocycles. The van der Waals surface area contributed by atoms with Crippen LogP contribution in [0.2, 0.25) is 0 Å². The molecule has 0 unspecified atom stereocenters. The van der Waals surface area contributed by atoms with Gasteiger partial charge in [0.25, 0.3) is 11.5 Å². The highest BCUT2D eigenvalue weighted by molar-refractivity contribution is 6.05. The van der Waals surface area contributed by atoms with Gasteiger partial charge in [0.15, 0.2) is 0 Å². The highest BCUT2D eigenvalue weighted by Gasteiger charge is 2.31. The second-order valence-corrected chi connectivity index (χ2v) is 7.94. The number of carbonyl (C=O) groups excluding carboxylic acids is 1. The molecule has 1 saturated carbocycles. The molecule has 0 bridgehead atoms. The molecule has 2 heterocycles. The summed E-state index contributed by atoms with van der Waals surface area (Å²) in [6.07, 6.45) is 1.89. The lowest BCUT2D eigenvalue weighted by Crippen LogP contribution is -2.52. The van der Waals surface area contributed by atoms with Gasteiger partial charge in [0.05, 0.1) is 17.4 Å². The molecule has 0 radical (unpaired) electrons. The van der Waals surface area contributed by atoms with Crippen molar-refractivity contribution in [2.24, 2.45) is 7.05 Å². The Morgan fingerprint density at radius 2 is 1.93 bits per heavy atom. The number of aromatic nitrogens is 1. The van der Waals surface area contributed by atoms with Crippen LogP contribution in [0.5, 0.6) is 0 Å². The second-order valence-electron chi connectivity index (χ2n) is 7.94. The topological polar surface area (TPSA) is 87.2 Å². The van der Waals surface area contributed by atoms with Crippen LogP contribution in [0.3, 0.4) is 0 Å². The van der Waals surface area contributed by atoms with E-state index in [4.69, 9.17) is 0 Å². The van der Waals surface area contributed by atoms with E-state index in [0.29, 0.717) is 16.8 Å². The van der Waals surface area contributed by atoms with Gasteiger partial charge in [0, 0.05) is 31.7 Å². The number of nitrogens with zero attached hydrogens (tertiary/aromatic N) is 1. The van der Waals surface area contributed by atoms with Crippen molar-refractivity contribution < 1.29 is 9.18 Å². The Morgan fingerprint density at radius 3 is 2.52 bits per heavy atom. The third kappa shape index (κ3) is 3.85. The van der Waals surface area contributed by atoms with Gasteiger partial charge < -0.3 is 21.3 Å². The Hall–Kier alpha value is -2.87. The predicted octanol–water partition coefficient (Wildman–Crippen LogP) is 2.16. The molecule has 0 atom stereocenters. The summed E-state index contributed by atoms with van der Waals surface area (Å²) in [4.78, 5) is 26.0. The first-order valence-corrected chi connectivity index (χ1v) is 9.90. The number of nitrogens with one attached hydrogen (secondary N) is 4. The van der Waals surface area contributed by atoms with Crippen molar-refractivity contribution in [3.8, 4) is 0 Å². The van der Waals surface area contributed by atoms with Crippen molar-refractivity contribution >= 4 is 23.1 Å². The maximum atomic E-state index is 14.5. The van der Waals surface area contributed by atoms with E-state index in [2.05, 4.69) is 21.3 Å². The molecule has 2 aromatic rings. The number of rotatable bonds is 6. The molecule has 1 aliphatic carbocycles. The fraction of sp³-hybridized carbons (Fsp3) is 0.429. The number of pyridine rings is 1. The summed E-state index contributed by atoms with van der Waals surface area (Å²) in [6, 6.07) is 5.10. The standard InChI is InChI=1S/C21H26FN5O2/c1-11-4-7-16(15(22)8-11)26-19-17(20(28)25-13-5-6-13)18(24-14-9-23-10-14)12(2)21(29)27(19)3/h4,7-8,13-14,23-24,26H,5-6,9-10H2,1-3H3,(H,25,28). The molecule has 7 nitrogen and oxygen atoms in total. The van der Waals surface area contributed by atoms with Crippen LogP contribution in [-0.2, 0) is 7.05 Å². The van der Waals surface area contributed by atoms with Crippen LogP contribution < -0.4 is 26.8 Å². The van der Waals surface area contributed by atoms with Crippen LogP contribution in [0.1, 0.15) is 34.3 Å². The van der Waals surface area contributed by atoms with Crippen molar-refractivity contribution in [1.29, 1.82) is 0 Å². The number of benzene rings is 1. The molecule has 2 fully saturated rings. The average molecular weight is 399 g/mol. The van der Waals surface area contributed by atoms with Gasteiger partial charge in [-0.3, -0.25) is 14.2 Å². The quantitative estimate of drug-likeness (QED) is 0.598. The zero-order chi connectivity index (χ0) is 20.7. The van der Waals surface area contributed by atoms with Crippen molar-refractivity contribution in [3.63, 3.8) is 0 Å². The minimum absolute atomic E-state index is 0.136. The molecule has 0 spiro atoms. The normalized spacial score (nSPS) is 16.3. The van der Waals surface area contributed by atoms with Crippen LogP contribution in [0.15, 0.2) is 23.0 Å². The smallest absolute Gasteiger partial charge is 0.257 e. The number of halogens is 1. The van der Waals surface area contributed by atoms with Gasteiger partial charge in [0.2, 0.25) is 0 Å². The largest absolute Gasteiger partial charge is 0.379 e. The van der Waals surface area contributed by atoms with E-state index in [1.807, 2.05) is 0 Å². The third-order valence-electron chi connectivity index (χ3n) is 5.47. The fourth-order valence-corrected chi connectivity index (χ4v) is 3.41. The number of hydrogen-bond acceptors (Lipinski definition) is 5. The van der Waals surface area contributed by atoms with E-state index >= 15 is 0 Å². The Labute approximate surface area is 168 Å². The lowest BCUT2D eigenvalue weighted by atomic mass is 10.1. The summed E-state index contributed by atoms with van der Waals surface area (Å²) in [5.41, 5.74) is 2.08. The van der Waals surface area contributed by atoms with Crippen LogP contribution in [0.4, 0.5) is 21.6 Å². The minimum atomic E-state index is -0.440. The van der Waals surface area contributed by atoms with Crippen LogP contribution in [0.25, 0.3) is 0 Å². The van der Waals surface area contributed by atoms with E-state index in [0.717, 1.165) is 31.5 Å². The number of carbonyl (C=O) groups is 1. The summed E-state index contributed by atoms with van der Waals surface area (Å²) in [5, 5.41) is 12.5. The minimum Gasteiger partial charge on any atom is -0.379 e. The lowest BCUT2D eigenvalue weighted by Gasteiger charge is -2.31. The van der Waals surface area contributed by atoms with Gasteiger partial charge in [-0.1, -0.05) is 6.07 Å². The van der Waals surface area contributed by atoms with E-state index in [1.165, 1.54) is 10.6 Å². The molecule has 2 aliphatic rings. The second kappa shape index (κ2) is 7.51. The molecule has 1 amide bonds. The first-order valence-electron chi connectivity index (χ1n) is 9.90. The molecule has 1 saturated heterocycles. The van der Waals surface area contributed by atoms with Crippen LogP contribution in [0, 0.1) is 19.7 Å². The highest BCUT2D eigenvalue weighted by atomic mass is 19.1. The Balaban J connectivity index is 1.84. The Bertz CT molecular complexity index is 1020. The van der Waals surface area contributed by atoms with Crippen LogP contribution in [-0.4, -0.2) is 35.6 Å². The van der Waals surface area contributed by atoms with Crippen molar-refractivity contribution in [3.05, 3.63) is 51.1 Å². The fourth-order valence-electron chi connectivity index (χ4n) is 3.41. The third-order valence-corrected chi connectivity index (χ3v) is 5.47. The van der Waals surface area contributed by atoms with Gasteiger partial charge in [-0.2, -0.15) is 0 Å². The highest BCUT2D eigenvalue weighted by Crippen LogP contribution is 2.31. The van der Waals surface area contributed by atoms with Gasteiger partial charge in [-0.15, -0.1) is 0 Å². The monoisotopic (exact) mass is 399 g/mol. The summed E-state index contributed by atoms with van der Waals surface area (Å²) < 4.78 is 15.9. The number of anilines is 3. The van der Waals surface area contributed by atoms with Crippen molar-refractivity contribution in [1.82, 2.24) is 15.2 Å². The maximum Gasteiger partial charge on any atom is 0.257 e. The predicted molar refractivity (Wildman–Crippen MR) is 112 cm³/mol. The van der Waals surface area contributed by atoms with E-state index < -0.39 is 5.82 Å². The number of aryl methyl sites for hydroxylation is 1. The molecule has 8 heteroatoms. The van der Waals surface area contributed by atoms with Gasteiger partial charge in [-0.25, -0.2) is 4.39 Å². The zero-order valence-electron chi connectivity index (χ0n) is 16.9. The van der Waals surface area contributed by atoms with Crippen molar-refractivity contribution in [2.45, 2.75) is 38.8 Å². The molecule has 1 aromatic heterocycles. The average Bonchev–Trinajstić information content (AvgIpc) is 3.45. The molecule has 4 rings (SSSR count). The summed E-state index contributed by atoms with van der Waals surface area (Å²) >= 11 is 0. The van der Waals surface area contributed by atoms with E-state index in [-0.39, 0.29) is 35.1 Å². The first-order chi connectivity index (χ1) is 13.8. The molecular formula is C21H26FN5O2. The van der Waals surface area contributed by atoms with Crippen LogP contribution >= 0.6 is 0 Å². The van der Waals surface area contributed by atoms with E-state index in [1.54, 1.807) is 33.0 Å². The molecule has 4 N–H and O–H groups in total. The SMILES string of the molecule is Cc1ccc(Nc2c(C(=O)NC3CC3)c(NC3CNC3)c(C)c(=O)n2C)c(F)c1. The maximum absolute atomic E-state index is 14.5. The Morgan fingerprint density at radius 1 is 1.21 bits per heavy atom. The summed E-state index contributed by atoms with van der Waals surface area (Å²) in [6.45, 7) is 5.03. The van der Waals surface area contributed by atoms with E-state index in [9.17, 15) is 14.0 Å². The first kappa shape index (κ1) is 19.4. The molecular weight excluding hydrogens is 373 g/mol. The molecule has 1 aliphatic heterocycles. The molecule has 154 valence electrons. The number of amides is 1. The zero-order valence-corrected chi connectivity index (χ0v) is 16.9. The lowest BCUT2D eigenvalue weighted by molar-refractivity contribution is 0.0952. The van der Waals surface area contributed by atoms with Gasteiger partial charge >= 0.3 is 0 Å². The Kier molecular flexibility index (Phi) is 5.04. The van der Waals surface area contributed by atoms with Gasteiger partial charge in [0.1, 0.15) is 17.2 Å². The van der Waals surface area contributed by atoms with Crippen molar-refractivity contribution in [2.75, 3.05) is 23.7 Å². The summed E-state index contributed by atoms with van der Waals surface area (Å²) in [5.74, 6) is -0.434. The van der Waals surface area contributed by atoms with Gasteiger partial charge in [-0.05, 0) is 44.4 Å². The summed E-state index contributed by atoms with van der Waals surface area (Å²) in [7, 11) is 1.59.